The summed E-state index contributed by atoms with van der Waals surface area (Å²) >= 11 is 11.2. The Bertz CT molecular complexity index is 385. The van der Waals surface area contributed by atoms with Crippen molar-refractivity contribution in [2.75, 3.05) is 24.3 Å². The van der Waals surface area contributed by atoms with Crippen molar-refractivity contribution in [2.45, 2.75) is 13.8 Å². The van der Waals surface area contributed by atoms with Crippen LogP contribution in [-0.2, 0) is 0 Å². The lowest BCUT2D eigenvalue weighted by molar-refractivity contribution is 0.781. The van der Waals surface area contributed by atoms with E-state index in [9.17, 15) is 0 Å². The lowest BCUT2D eigenvalue weighted by Crippen LogP contribution is -2.07. The molecular formula is C11H16BrClN2S. The molecule has 0 amide bonds. The second-order valence-electron chi connectivity index (χ2n) is 4.05. The van der Waals surface area contributed by atoms with Crippen molar-refractivity contribution >= 4 is 50.1 Å². The molecule has 2 nitrogen and oxygen atoms in total. The fourth-order valence-corrected chi connectivity index (χ4v) is 3.08. The van der Waals surface area contributed by atoms with Crippen LogP contribution in [0.4, 0.5) is 5.13 Å². The van der Waals surface area contributed by atoms with Gasteiger partial charge in [0.2, 0.25) is 0 Å². The summed E-state index contributed by atoms with van der Waals surface area (Å²) < 4.78 is 0. The molecule has 1 heterocycles. The van der Waals surface area contributed by atoms with Crippen LogP contribution in [0.2, 0.25) is 5.15 Å². The Labute approximate surface area is 114 Å². The van der Waals surface area contributed by atoms with Gasteiger partial charge >= 0.3 is 0 Å². The first-order valence-electron chi connectivity index (χ1n) is 5.05. The zero-order valence-corrected chi connectivity index (χ0v) is 13.1. The van der Waals surface area contributed by atoms with E-state index >= 15 is 0 Å². The van der Waals surface area contributed by atoms with Crippen molar-refractivity contribution in [2.24, 2.45) is 5.92 Å². The molecule has 16 heavy (non-hydrogen) atoms. The molecule has 0 aliphatic rings. The van der Waals surface area contributed by atoms with E-state index in [1.807, 2.05) is 19.0 Å². The number of aromatic nitrogens is 1. The predicted octanol–water partition coefficient (Wildman–Crippen LogP) is 4.30. The fourth-order valence-electron chi connectivity index (χ4n) is 1.11. The van der Waals surface area contributed by atoms with Crippen molar-refractivity contribution in [1.29, 1.82) is 0 Å². The maximum Gasteiger partial charge on any atom is 0.186 e. The van der Waals surface area contributed by atoms with Crippen LogP contribution in [0.15, 0.2) is 5.57 Å². The zero-order valence-electron chi connectivity index (χ0n) is 9.92. The number of hydrogen-bond donors (Lipinski definition) is 0. The van der Waals surface area contributed by atoms with Gasteiger partial charge < -0.3 is 4.90 Å². The topological polar surface area (TPSA) is 16.1 Å². The van der Waals surface area contributed by atoms with Crippen LogP contribution in [0.5, 0.6) is 0 Å². The van der Waals surface area contributed by atoms with Gasteiger partial charge in [0.15, 0.2) is 5.13 Å². The summed E-state index contributed by atoms with van der Waals surface area (Å²) in [5.41, 5.74) is 1.33. The van der Waals surface area contributed by atoms with Gasteiger partial charge in [0.05, 0.1) is 4.88 Å². The van der Waals surface area contributed by atoms with Gasteiger partial charge in [-0.2, -0.15) is 0 Å². The summed E-state index contributed by atoms with van der Waals surface area (Å²) in [6.07, 6.45) is 2.13. The minimum Gasteiger partial charge on any atom is -0.354 e. The summed E-state index contributed by atoms with van der Waals surface area (Å²) in [6.45, 7) is 4.35. The first kappa shape index (κ1) is 14.0. The second kappa shape index (κ2) is 6.03. The molecule has 1 aromatic rings. The maximum absolute atomic E-state index is 6.11. The molecule has 0 aliphatic heterocycles. The molecule has 0 fully saturated rings. The Morgan fingerprint density at radius 1 is 1.56 bits per heavy atom. The van der Waals surface area contributed by atoms with E-state index in [0.29, 0.717) is 11.1 Å². The molecule has 0 aromatic carbocycles. The van der Waals surface area contributed by atoms with Crippen molar-refractivity contribution in [3.8, 4) is 0 Å². The first-order chi connectivity index (χ1) is 7.45. The zero-order chi connectivity index (χ0) is 12.3. The lowest BCUT2D eigenvalue weighted by atomic mass is 10.1. The Morgan fingerprint density at radius 3 is 2.56 bits per heavy atom. The molecule has 0 bridgehead atoms. The SMILES string of the molecule is CC(C)C(=Cc1sc(N(C)C)nc1Cl)CBr. The summed E-state index contributed by atoms with van der Waals surface area (Å²) in [7, 11) is 3.94. The number of rotatable bonds is 4. The third kappa shape index (κ3) is 3.47. The van der Waals surface area contributed by atoms with Gasteiger partial charge in [0.25, 0.3) is 0 Å². The molecule has 0 radical (unpaired) electrons. The Hall–Kier alpha value is -0.0600. The highest BCUT2D eigenvalue weighted by molar-refractivity contribution is 9.09. The number of anilines is 1. The minimum absolute atomic E-state index is 0.514. The molecule has 0 aliphatic carbocycles. The molecule has 0 saturated carbocycles. The molecule has 0 N–H and O–H groups in total. The van der Waals surface area contributed by atoms with E-state index in [-0.39, 0.29) is 0 Å². The van der Waals surface area contributed by atoms with Gasteiger partial charge in [0, 0.05) is 19.4 Å². The lowest BCUT2D eigenvalue weighted by Gasteiger charge is -2.07. The molecule has 0 spiro atoms. The number of allylic oxidation sites excluding steroid dienone is 1. The average Bonchev–Trinajstić information content (AvgIpc) is 2.56. The third-order valence-corrected chi connectivity index (χ3v) is 4.41. The summed E-state index contributed by atoms with van der Waals surface area (Å²) in [6, 6.07) is 0. The quantitative estimate of drug-likeness (QED) is 0.768. The largest absolute Gasteiger partial charge is 0.354 e. The molecule has 0 atom stereocenters. The summed E-state index contributed by atoms with van der Waals surface area (Å²) in [5.74, 6) is 0.514. The standard InChI is InChI=1S/C11H16BrClN2S/c1-7(2)8(6-12)5-9-10(13)14-11(16-9)15(3)4/h5,7H,6H2,1-4H3. The second-order valence-corrected chi connectivity index (χ2v) is 5.98. The van der Waals surface area contributed by atoms with Crippen LogP contribution < -0.4 is 4.90 Å². The molecule has 0 unspecified atom stereocenters. The summed E-state index contributed by atoms with van der Waals surface area (Å²) in [4.78, 5) is 7.31. The van der Waals surface area contributed by atoms with E-state index in [2.05, 4.69) is 40.8 Å². The van der Waals surface area contributed by atoms with E-state index in [0.717, 1.165) is 15.3 Å². The van der Waals surface area contributed by atoms with Gasteiger partial charge in [0.1, 0.15) is 5.15 Å². The molecule has 1 rings (SSSR count). The Kier molecular flexibility index (Phi) is 5.28. The molecular weight excluding hydrogens is 308 g/mol. The number of nitrogens with zero attached hydrogens (tertiary/aromatic N) is 2. The Balaban J connectivity index is 3.04. The molecule has 1 aromatic heterocycles. The minimum atomic E-state index is 0.514. The predicted molar refractivity (Wildman–Crippen MR) is 78.1 cm³/mol. The molecule has 5 heteroatoms. The number of halogens is 2. The van der Waals surface area contributed by atoms with Crippen molar-refractivity contribution < 1.29 is 0 Å². The normalized spacial score (nSPS) is 12.3. The van der Waals surface area contributed by atoms with Crippen LogP contribution in [0, 0.1) is 5.92 Å². The van der Waals surface area contributed by atoms with Crippen LogP contribution in [0.1, 0.15) is 18.7 Å². The van der Waals surface area contributed by atoms with Gasteiger partial charge in [-0.15, -0.1) is 0 Å². The number of thiazole rings is 1. The first-order valence-corrected chi connectivity index (χ1v) is 7.37. The highest BCUT2D eigenvalue weighted by Crippen LogP contribution is 2.31. The van der Waals surface area contributed by atoms with Gasteiger partial charge in [-0.3, -0.25) is 0 Å². The fraction of sp³-hybridized carbons (Fsp3) is 0.545. The maximum atomic E-state index is 6.11. The molecule has 0 saturated heterocycles. The highest BCUT2D eigenvalue weighted by Gasteiger charge is 2.10. The van der Waals surface area contributed by atoms with Crippen LogP contribution >= 0.6 is 38.9 Å². The Morgan fingerprint density at radius 2 is 2.19 bits per heavy atom. The van der Waals surface area contributed by atoms with Crippen molar-refractivity contribution in [3.05, 3.63) is 15.6 Å². The smallest absolute Gasteiger partial charge is 0.186 e. The third-order valence-electron chi connectivity index (χ3n) is 2.19. The van der Waals surface area contributed by atoms with Crippen LogP contribution in [-0.4, -0.2) is 24.4 Å². The van der Waals surface area contributed by atoms with E-state index in [1.165, 1.54) is 5.57 Å². The summed E-state index contributed by atoms with van der Waals surface area (Å²) in [5, 5.41) is 2.40. The van der Waals surface area contributed by atoms with Crippen molar-refractivity contribution in [1.82, 2.24) is 4.98 Å². The van der Waals surface area contributed by atoms with Gasteiger partial charge in [-0.05, 0) is 12.0 Å². The van der Waals surface area contributed by atoms with Crippen molar-refractivity contribution in [3.63, 3.8) is 0 Å². The number of alkyl halides is 1. The van der Waals surface area contributed by atoms with E-state index in [4.69, 9.17) is 11.6 Å². The average molecular weight is 324 g/mol. The number of hydrogen-bond acceptors (Lipinski definition) is 3. The van der Waals surface area contributed by atoms with Gasteiger partial charge in [-0.25, -0.2) is 4.98 Å². The molecule has 90 valence electrons. The van der Waals surface area contributed by atoms with E-state index in [1.54, 1.807) is 11.3 Å². The van der Waals surface area contributed by atoms with Crippen LogP contribution in [0.3, 0.4) is 0 Å². The van der Waals surface area contributed by atoms with Crippen LogP contribution in [0.25, 0.3) is 6.08 Å². The van der Waals surface area contributed by atoms with E-state index < -0.39 is 0 Å². The monoisotopic (exact) mass is 322 g/mol. The highest BCUT2D eigenvalue weighted by atomic mass is 79.9. The van der Waals surface area contributed by atoms with Gasteiger partial charge in [-0.1, -0.05) is 58.3 Å².